The van der Waals surface area contributed by atoms with Crippen molar-refractivity contribution in [1.29, 1.82) is 0 Å². The highest BCUT2D eigenvalue weighted by molar-refractivity contribution is 6.31. The van der Waals surface area contributed by atoms with Crippen LogP contribution in [0.3, 0.4) is 0 Å². The number of hydrazone groups is 1. The fourth-order valence-corrected chi connectivity index (χ4v) is 2.76. The van der Waals surface area contributed by atoms with Crippen LogP contribution in [0.25, 0.3) is 0 Å². The summed E-state index contributed by atoms with van der Waals surface area (Å²) in [5.74, 6) is -1.74. The molecule has 0 spiro atoms. The summed E-state index contributed by atoms with van der Waals surface area (Å²) in [5, 5.41) is 16.6. The molecule has 2 heterocycles. The van der Waals surface area contributed by atoms with Gasteiger partial charge in [-0.05, 0) is 18.2 Å². The molecule has 0 saturated carbocycles. The third kappa shape index (κ3) is 3.76. The number of nitro groups is 1. The molecule has 0 bridgehead atoms. The number of amides is 1. The molecule has 0 unspecified atom stereocenters. The summed E-state index contributed by atoms with van der Waals surface area (Å²) in [6.45, 7) is 2.39. The number of esters is 1. The van der Waals surface area contributed by atoms with Crippen LogP contribution < -0.4 is 4.74 Å². The van der Waals surface area contributed by atoms with Crippen LogP contribution in [0.2, 0.25) is 5.02 Å². The van der Waals surface area contributed by atoms with Gasteiger partial charge in [-0.3, -0.25) is 24.7 Å². The molecule has 10 nitrogen and oxygen atoms in total. The first kappa shape index (κ1) is 19.2. The quantitative estimate of drug-likeness (QED) is 0.332. The number of hydrogen-bond donors (Lipinski definition) is 0. The molecule has 1 atom stereocenters. The van der Waals surface area contributed by atoms with Crippen LogP contribution in [-0.4, -0.2) is 32.7 Å². The van der Waals surface area contributed by atoms with Crippen LogP contribution >= 0.6 is 11.6 Å². The van der Waals surface area contributed by atoms with Crippen LogP contribution in [0.1, 0.15) is 31.2 Å². The maximum Gasteiger partial charge on any atom is 0.314 e. The third-order valence-electron chi connectivity index (χ3n) is 3.66. The minimum Gasteiger partial charge on any atom is -0.446 e. The van der Waals surface area contributed by atoms with E-state index in [1.54, 1.807) is 12.1 Å². The second kappa shape index (κ2) is 7.61. The van der Waals surface area contributed by atoms with Crippen LogP contribution in [0.4, 0.5) is 5.69 Å². The van der Waals surface area contributed by atoms with Gasteiger partial charge in [0.15, 0.2) is 0 Å². The molecule has 11 heteroatoms. The van der Waals surface area contributed by atoms with Crippen molar-refractivity contribution in [3.05, 3.63) is 62.9 Å². The Hall–Kier alpha value is -3.53. The molecule has 1 aromatic heterocycles. The molecular formula is C17H13ClN4O6. The first-order valence-electron chi connectivity index (χ1n) is 7.89. The maximum atomic E-state index is 12.0. The van der Waals surface area contributed by atoms with Crippen LogP contribution in [0.15, 0.2) is 41.8 Å². The van der Waals surface area contributed by atoms with Gasteiger partial charge in [0.1, 0.15) is 0 Å². The molecular weight excluding hydrogens is 392 g/mol. The number of hydrogen-bond acceptors (Lipinski definition) is 8. The lowest BCUT2D eigenvalue weighted by atomic mass is 10.1. The van der Waals surface area contributed by atoms with E-state index in [9.17, 15) is 19.7 Å². The molecule has 0 saturated heterocycles. The van der Waals surface area contributed by atoms with Crippen molar-refractivity contribution in [2.75, 3.05) is 0 Å². The molecule has 144 valence electrons. The van der Waals surface area contributed by atoms with Crippen molar-refractivity contribution in [2.45, 2.75) is 20.1 Å². The third-order valence-corrected chi connectivity index (χ3v) is 3.88. The zero-order valence-corrected chi connectivity index (χ0v) is 15.4. The van der Waals surface area contributed by atoms with Crippen LogP contribution in [-0.2, 0) is 14.3 Å². The SMILES string of the molecule is CC(=O)Oc1c(C2=NN(C(C)=O)[C@H](c3ccncc3)O2)cc(Cl)cc1[N+](=O)[O-]. The van der Waals surface area contributed by atoms with Gasteiger partial charge in [0.05, 0.1) is 10.5 Å². The zero-order valence-electron chi connectivity index (χ0n) is 14.7. The number of rotatable bonds is 4. The summed E-state index contributed by atoms with van der Waals surface area (Å²) < 4.78 is 10.8. The Kier molecular flexibility index (Phi) is 5.23. The molecule has 0 fully saturated rings. The predicted octanol–water partition coefficient (Wildman–Crippen LogP) is 2.81. The number of nitro benzene ring substituents is 1. The second-order valence-corrected chi connectivity index (χ2v) is 6.11. The van der Waals surface area contributed by atoms with Crippen LogP contribution in [0, 0.1) is 10.1 Å². The Morgan fingerprint density at radius 1 is 1.29 bits per heavy atom. The maximum absolute atomic E-state index is 12.0. The number of pyridine rings is 1. The van der Waals surface area contributed by atoms with Gasteiger partial charge in [0, 0.05) is 42.9 Å². The standard InChI is InChI=1S/C17H13ClN4O6/c1-9(23)21-17(11-3-5-19-6-4-11)28-16(20-21)13-7-12(18)8-14(22(25)26)15(13)27-10(2)24/h3-8,17H,1-2H3/t17-/m0/s1. The smallest absolute Gasteiger partial charge is 0.314 e. The summed E-state index contributed by atoms with van der Waals surface area (Å²) in [6.07, 6.45) is 2.12. The highest BCUT2D eigenvalue weighted by atomic mass is 35.5. The van der Waals surface area contributed by atoms with Gasteiger partial charge in [0.25, 0.3) is 0 Å². The summed E-state index contributed by atoms with van der Waals surface area (Å²) in [7, 11) is 0. The first-order valence-corrected chi connectivity index (χ1v) is 8.27. The van der Waals surface area contributed by atoms with E-state index in [-0.39, 0.29) is 22.2 Å². The Morgan fingerprint density at radius 2 is 1.96 bits per heavy atom. The fourth-order valence-electron chi connectivity index (χ4n) is 2.54. The highest BCUT2D eigenvalue weighted by Gasteiger charge is 2.36. The Morgan fingerprint density at radius 3 is 2.54 bits per heavy atom. The van der Waals surface area contributed by atoms with Gasteiger partial charge >= 0.3 is 11.7 Å². The molecule has 1 aliphatic heterocycles. The van der Waals surface area contributed by atoms with E-state index in [1.165, 1.54) is 25.4 Å². The van der Waals surface area contributed by atoms with Crippen molar-refractivity contribution in [2.24, 2.45) is 5.10 Å². The van der Waals surface area contributed by atoms with Crippen molar-refractivity contribution in [3.63, 3.8) is 0 Å². The minimum absolute atomic E-state index is 0.00522. The lowest BCUT2D eigenvalue weighted by Crippen LogP contribution is -2.25. The van der Waals surface area contributed by atoms with E-state index in [1.807, 2.05) is 0 Å². The lowest BCUT2D eigenvalue weighted by molar-refractivity contribution is -0.385. The van der Waals surface area contributed by atoms with E-state index in [4.69, 9.17) is 21.1 Å². The topological polar surface area (TPSA) is 124 Å². The minimum atomic E-state index is -0.918. The highest BCUT2D eigenvalue weighted by Crippen LogP contribution is 2.38. The first-order chi connectivity index (χ1) is 13.3. The molecule has 0 N–H and O–H groups in total. The number of halogens is 1. The van der Waals surface area contributed by atoms with Gasteiger partial charge in [0.2, 0.25) is 23.8 Å². The molecule has 0 radical (unpaired) electrons. The van der Waals surface area contributed by atoms with E-state index < -0.39 is 28.7 Å². The summed E-state index contributed by atoms with van der Waals surface area (Å²) in [4.78, 5) is 38.0. The number of nitrogens with zero attached hydrogens (tertiary/aromatic N) is 4. The molecule has 1 amide bonds. The van der Waals surface area contributed by atoms with Gasteiger partial charge in [-0.2, -0.15) is 5.01 Å². The monoisotopic (exact) mass is 404 g/mol. The number of ether oxygens (including phenoxy) is 2. The average Bonchev–Trinajstić information content (AvgIpc) is 3.08. The average molecular weight is 405 g/mol. The fraction of sp³-hybridized carbons (Fsp3) is 0.176. The molecule has 1 aromatic carbocycles. The summed E-state index contributed by atoms with van der Waals surface area (Å²) in [6, 6.07) is 5.61. The molecule has 2 aromatic rings. The number of carbonyl (C=O) groups is 2. The lowest BCUT2D eigenvalue weighted by Gasteiger charge is -2.19. The second-order valence-electron chi connectivity index (χ2n) is 5.67. The molecule has 0 aliphatic carbocycles. The predicted molar refractivity (Wildman–Crippen MR) is 96.5 cm³/mol. The summed E-state index contributed by atoms with van der Waals surface area (Å²) >= 11 is 5.99. The van der Waals surface area contributed by atoms with Gasteiger partial charge in [-0.25, -0.2) is 0 Å². The van der Waals surface area contributed by atoms with Crippen molar-refractivity contribution in [1.82, 2.24) is 9.99 Å². The molecule has 3 rings (SSSR count). The van der Waals surface area contributed by atoms with Crippen molar-refractivity contribution >= 4 is 35.1 Å². The van der Waals surface area contributed by atoms with E-state index in [0.29, 0.717) is 5.56 Å². The van der Waals surface area contributed by atoms with Crippen LogP contribution in [0.5, 0.6) is 5.75 Å². The number of carbonyl (C=O) groups excluding carboxylic acids is 2. The normalized spacial score (nSPS) is 15.6. The molecule has 1 aliphatic rings. The Balaban J connectivity index is 2.12. The number of benzene rings is 1. The van der Waals surface area contributed by atoms with Gasteiger partial charge in [-0.1, -0.05) is 11.6 Å². The Labute approximate surface area is 163 Å². The zero-order chi connectivity index (χ0) is 20.4. The molecule has 28 heavy (non-hydrogen) atoms. The van der Waals surface area contributed by atoms with Gasteiger partial charge in [-0.15, -0.1) is 5.10 Å². The van der Waals surface area contributed by atoms with E-state index >= 15 is 0 Å². The largest absolute Gasteiger partial charge is 0.446 e. The van der Waals surface area contributed by atoms with Crippen molar-refractivity contribution in [3.8, 4) is 5.75 Å². The van der Waals surface area contributed by atoms with Gasteiger partial charge < -0.3 is 9.47 Å². The van der Waals surface area contributed by atoms with Crippen molar-refractivity contribution < 1.29 is 24.0 Å². The summed E-state index contributed by atoms with van der Waals surface area (Å²) in [5.41, 5.74) is 0.0115. The Bertz CT molecular complexity index is 995. The van der Waals surface area contributed by atoms with E-state index in [0.717, 1.165) is 18.0 Å². The number of aromatic nitrogens is 1. The van der Waals surface area contributed by atoms with E-state index in [2.05, 4.69) is 10.1 Å².